The second-order valence-electron chi connectivity index (χ2n) is 1.63. The number of rotatable bonds is 4. The summed E-state index contributed by atoms with van der Waals surface area (Å²) < 4.78 is 20.9. The van der Waals surface area contributed by atoms with Crippen molar-refractivity contribution in [2.24, 2.45) is 0 Å². The smallest absolute Gasteiger partial charge is 0.198 e. The minimum atomic E-state index is -2.82. The average Bonchev–Trinajstić information content (AvgIpc) is 1.63. The van der Waals surface area contributed by atoms with Gasteiger partial charge < -0.3 is 5.32 Å². The van der Waals surface area contributed by atoms with Crippen molar-refractivity contribution in [1.29, 1.82) is 0 Å². The van der Waals surface area contributed by atoms with Gasteiger partial charge in [0.05, 0.1) is 0 Å². The lowest BCUT2D eigenvalue weighted by molar-refractivity contribution is 0.615. The van der Waals surface area contributed by atoms with E-state index in [2.05, 4.69) is 5.32 Å². The first-order chi connectivity index (χ1) is 4.06. The maximum absolute atomic E-state index is 10.4. The quantitative estimate of drug-likeness (QED) is 0.471. The normalized spacial score (nSPS) is 11.8. The summed E-state index contributed by atoms with van der Waals surface area (Å²) in [5, 5.41) is 2.86. The van der Waals surface area contributed by atoms with Crippen LogP contribution in [0.4, 0.5) is 0 Å². The number of nitrogens with one attached hydrogen (secondary N) is 1. The predicted molar refractivity (Wildman–Crippen MR) is 41.2 cm³/mol. The maximum Gasteiger partial charge on any atom is 0.198 e. The molecule has 0 unspecified atom stereocenters. The Labute approximate surface area is 59.5 Å². The third kappa shape index (κ3) is 8.26. The van der Waals surface area contributed by atoms with Gasteiger partial charge in [-0.1, -0.05) is 0 Å². The third-order valence-corrected chi connectivity index (χ3v) is 3.23. The summed E-state index contributed by atoms with van der Waals surface area (Å²) in [5.41, 5.74) is 0. The number of hydrogen-bond acceptors (Lipinski definition) is 4. The van der Waals surface area contributed by atoms with E-state index in [1.165, 1.54) is 6.26 Å². The fourth-order valence-corrected chi connectivity index (χ4v) is 2.04. The summed E-state index contributed by atoms with van der Waals surface area (Å²) >= 11 is 0. The molecule has 0 fully saturated rings. The van der Waals surface area contributed by atoms with Gasteiger partial charge in [0.1, 0.15) is 0 Å². The number of hydrogen-bond donors (Lipinski definition) is 1. The van der Waals surface area contributed by atoms with E-state index < -0.39 is 8.87 Å². The lowest BCUT2D eigenvalue weighted by atomic mass is 10.8. The molecular formula is C4H11NO2S2. The highest BCUT2D eigenvalue weighted by Gasteiger charge is 1.99. The van der Waals surface area contributed by atoms with Crippen LogP contribution in [0.1, 0.15) is 0 Å². The summed E-state index contributed by atoms with van der Waals surface area (Å²) in [7, 11) is -0.0573. The van der Waals surface area contributed by atoms with E-state index in [1.54, 1.807) is 7.05 Å². The Morgan fingerprint density at radius 3 is 2.44 bits per heavy atom. The molecule has 0 spiro atoms. The molecule has 0 amide bonds. The van der Waals surface area contributed by atoms with E-state index in [0.717, 1.165) is 17.3 Å². The molecule has 0 saturated heterocycles. The molecular weight excluding hydrogens is 158 g/mol. The Kier molecular flexibility index (Phi) is 4.26. The molecule has 0 rings (SSSR count). The summed E-state index contributed by atoms with van der Waals surface area (Å²) in [5.74, 6) is 0.620. The lowest BCUT2D eigenvalue weighted by Gasteiger charge is -1.95. The van der Waals surface area contributed by atoms with Crippen molar-refractivity contribution < 1.29 is 8.42 Å². The van der Waals surface area contributed by atoms with Crippen molar-refractivity contribution >= 4 is 19.7 Å². The van der Waals surface area contributed by atoms with Crippen molar-refractivity contribution in [3.05, 3.63) is 0 Å². The highest BCUT2D eigenvalue weighted by molar-refractivity contribution is 8.71. The van der Waals surface area contributed by atoms with Crippen LogP contribution in [0, 0.1) is 0 Å². The van der Waals surface area contributed by atoms with Gasteiger partial charge in [0.25, 0.3) is 0 Å². The third-order valence-electron chi connectivity index (χ3n) is 0.649. The molecule has 0 aromatic rings. The molecule has 0 bridgehead atoms. The molecule has 0 aromatic carbocycles. The van der Waals surface area contributed by atoms with Gasteiger partial charge in [-0.05, 0) is 17.8 Å². The van der Waals surface area contributed by atoms with Gasteiger partial charge >= 0.3 is 0 Å². The van der Waals surface area contributed by atoms with E-state index in [-0.39, 0.29) is 0 Å². The summed E-state index contributed by atoms with van der Waals surface area (Å²) in [6.07, 6.45) is 1.22. The topological polar surface area (TPSA) is 46.2 Å². The Morgan fingerprint density at radius 1 is 1.56 bits per heavy atom. The fraction of sp³-hybridized carbons (Fsp3) is 1.00. The summed E-state index contributed by atoms with van der Waals surface area (Å²) in [4.78, 5) is 0. The van der Waals surface area contributed by atoms with Crippen LogP contribution in [-0.2, 0) is 8.87 Å². The SMILES string of the molecule is CNCCSS(C)(=O)=O. The first-order valence-corrected chi connectivity index (χ1v) is 5.94. The van der Waals surface area contributed by atoms with Crippen molar-refractivity contribution in [3.63, 3.8) is 0 Å². The molecule has 5 heteroatoms. The molecule has 9 heavy (non-hydrogen) atoms. The van der Waals surface area contributed by atoms with E-state index in [1.807, 2.05) is 0 Å². The zero-order valence-electron chi connectivity index (χ0n) is 5.55. The van der Waals surface area contributed by atoms with Gasteiger partial charge in [-0.25, -0.2) is 8.42 Å². The van der Waals surface area contributed by atoms with Crippen LogP contribution in [0.15, 0.2) is 0 Å². The van der Waals surface area contributed by atoms with Gasteiger partial charge in [0.2, 0.25) is 0 Å². The first kappa shape index (κ1) is 9.26. The minimum absolute atomic E-state index is 0.620. The van der Waals surface area contributed by atoms with Crippen LogP contribution in [0.2, 0.25) is 0 Å². The van der Waals surface area contributed by atoms with E-state index in [9.17, 15) is 8.42 Å². The molecule has 0 aliphatic carbocycles. The first-order valence-electron chi connectivity index (χ1n) is 2.55. The second kappa shape index (κ2) is 4.14. The van der Waals surface area contributed by atoms with Crippen LogP contribution in [0.25, 0.3) is 0 Å². The van der Waals surface area contributed by atoms with Crippen molar-refractivity contribution in [3.8, 4) is 0 Å². The van der Waals surface area contributed by atoms with E-state index >= 15 is 0 Å². The lowest BCUT2D eigenvalue weighted by Crippen LogP contribution is -2.10. The van der Waals surface area contributed by atoms with Crippen LogP contribution in [-0.4, -0.2) is 34.0 Å². The van der Waals surface area contributed by atoms with Crippen molar-refractivity contribution in [2.75, 3.05) is 25.6 Å². The largest absolute Gasteiger partial charge is 0.319 e. The Hall–Kier alpha value is 0.260. The van der Waals surface area contributed by atoms with E-state index in [0.29, 0.717) is 5.75 Å². The minimum Gasteiger partial charge on any atom is -0.319 e. The molecule has 56 valence electrons. The van der Waals surface area contributed by atoms with Crippen LogP contribution < -0.4 is 5.32 Å². The van der Waals surface area contributed by atoms with Crippen molar-refractivity contribution in [1.82, 2.24) is 5.32 Å². The van der Waals surface area contributed by atoms with Gasteiger partial charge in [0, 0.05) is 18.6 Å². The Bertz CT molecular complexity index is 152. The van der Waals surface area contributed by atoms with Gasteiger partial charge in [-0.15, -0.1) is 0 Å². The second-order valence-corrected chi connectivity index (χ2v) is 6.21. The summed E-state index contributed by atoms with van der Waals surface area (Å²) in [6, 6.07) is 0. The Morgan fingerprint density at radius 2 is 2.11 bits per heavy atom. The van der Waals surface area contributed by atoms with Gasteiger partial charge in [-0.3, -0.25) is 0 Å². The fourth-order valence-electron chi connectivity index (χ4n) is 0.295. The average molecular weight is 169 g/mol. The molecule has 0 aliphatic heterocycles. The molecule has 0 radical (unpaired) electrons. The van der Waals surface area contributed by atoms with E-state index in [4.69, 9.17) is 0 Å². The van der Waals surface area contributed by atoms with Crippen LogP contribution in [0.5, 0.6) is 0 Å². The molecule has 0 saturated carbocycles. The van der Waals surface area contributed by atoms with Crippen LogP contribution >= 0.6 is 10.8 Å². The monoisotopic (exact) mass is 169 g/mol. The molecule has 3 nitrogen and oxygen atoms in total. The van der Waals surface area contributed by atoms with Crippen molar-refractivity contribution in [2.45, 2.75) is 0 Å². The maximum atomic E-state index is 10.4. The van der Waals surface area contributed by atoms with Gasteiger partial charge in [-0.2, -0.15) is 0 Å². The highest BCUT2D eigenvalue weighted by atomic mass is 33.1. The van der Waals surface area contributed by atoms with Gasteiger partial charge in [0.15, 0.2) is 8.87 Å². The predicted octanol–water partition coefficient (Wildman–Crippen LogP) is -0.101. The zero-order valence-corrected chi connectivity index (χ0v) is 7.18. The molecule has 0 heterocycles. The Balaban J connectivity index is 3.30. The molecule has 0 aromatic heterocycles. The standard InChI is InChI=1S/C4H11NO2S2/c1-5-3-4-8-9(2,6)7/h5H,3-4H2,1-2H3. The highest BCUT2D eigenvalue weighted by Crippen LogP contribution is 2.06. The van der Waals surface area contributed by atoms with Crippen LogP contribution in [0.3, 0.4) is 0 Å². The zero-order chi connectivity index (χ0) is 7.33. The molecule has 0 aliphatic rings. The molecule has 0 atom stereocenters. The summed E-state index contributed by atoms with van der Waals surface area (Å²) in [6.45, 7) is 0.734. The molecule has 1 N–H and O–H groups in total.